The molecule has 0 bridgehead atoms. The highest BCUT2D eigenvalue weighted by atomic mass is 16.6. The van der Waals surface area contributed by atoms with Gasteiger partial charge in [-0.1, -0.05) is 74.5 Å². The molecule has 0 unspecified atom stereocenters. The van der Waals surface area contributed by atoms with Crippen LogP contribution in [0.25, 0.3) is 39.3 Å². The van der Waals surface area contributed by atoms with Gasteiger partial charge in [0, 0.05) is 56.7 Å². The lowest BCUT2D eigenvalue weighted by molar-refractivity contribution is -0.154. The van der Waals surface area contributed by atoms with Gasteiger partial charge in [-0.25, -0.2) is 0 Å². The zero-order valence-corrected chi connectivity index (χ0v) is 35.9. The minimum Gasteiger partial charge on any atom is -0.460 e. The Balaban J connectivity index is 0.000000434. The van der Waals surface area contributed by atoms with E-state index in [0.717, 1.165) is 59.8 Å². The van der Waals surface area contributed by atoms with Gasteiger partial charge in [0.1, 0.15) is 11.3 Å². The fourth-order valence-corrected chi connectivity index (χ4v) is 6.53. The Morgan fingerprint density at radius 3 is 2.12 bits per heavy atom. The third-order valence-corrected chi connectivity index (χ3v) is 9.48. The monoisotopic (exact) mass is 799 g/mol. The van der Waals surface area contributed by atoms with Crippen molar-refractivity contribution < 1.29 is 19.4 Å². The molecule has 6 aromatic rings. The molecule has 0 spiro atoms. The van der Waals surface area contributed by atoms with Crippen LogP contribution in [-0.4, -0.2) is 69.3 Å². The molecule has 59 heavy (non-hydrogen) atoms. The Labute approximate surface area is 349 Å². The maximum Gasteiger partial charge on any atom is 0.306 e. The predicted octanol–water partition coefficient (Wildman–Crippen LogP) is 8.99. The lowest BCUT2D eigenvalue weighted by Crippen LogP contribution is -2.23. The number of aliphatic hydroxyl groups excluding tert-OH is 1. The molecule has 11 heteroatoms. The van der Waals surface area contributed by atoms with Crippen LogP contribution in [0, 0.1) is 13.8 Å². The number of carbonyl (C=O) groups excluding carboxylic acids is 2. The predicted molar refractivity (Wildman–Crippen MR) is 239 cm³/mol. The van der Waals surface area contributed by atoms with Crippen molar-refractivity contribution in [1.29, 1.82) is 0 Å². The Bertz CT molecular complexity index is 2230. The largest absolute Gasteiger partial charge is 0.460 e. The zero-order valence-electron chi connectivity index (χ0n) is 35.9. The van der Waals surface area contributed by atoms with Crippen molar-refractivity contribution in [3.8, 4) is 33.6 Å². The van der Waals surface area contributed by atoms with Crippen molar-refractivity contribution in [2.45, 2.75) is 86.4 Å². The zero-order chi connectivity index (χ0) is 42.8. The van der Waals surface area contributed by atoms with Crippen LogP contribution in [0.1, 0.15) is 86.6 Å². The van der Waals surface area contributed by atoms with Gasteiger partial charge in [-0.05, 0) is 123 Å². The quantitative estimate of drug-likeness (QED) is 0.0426. The molecule has 3 heterocycles. The fourth-order valence-electron chi connectivity index (χ4n) is 6.53. The molecule has 6 rings (SSSR count). The van der Waals surface area contributed by atoms with Gasteiger partial charge < -0.3 is 25.8 Å². The van der Waals surface area contributed by atoms with E-state index in [4.69, 9.17) is 9.84 Å². The van der Waals surface area contributed by atoms with E-state index >= 15 is 0 Å². The molecule has 11 nitrogen and oxygen atoms in total. The molecule has 0 aliphatic heterocycles. The molecule has 4 N–H and O–H groups in total. The Morgan fingerprint density at radius 2 is 1.46 bits per heavy atom. The molecular weight excluding hydrogens is 739 g/mol. The van der Waals surface area contributed by atoms with Gasteiger partial charge in [-0.15, -0.1) is 10.2 Å². The van der Waals surface area contributed by atoms with Crippen LogP contribution in [0.15, 0.2) is 97.3 Å². The van der Waals surface area contributed by atoms with Gasteiger partial charge in [0.2, 0.25) is 0 Å². The molecule has 0 radical (unpaired) electrons. The summed E-state index contributed by atoms with van der Waals surface area (Å²) in [5.74, 6) is 0.689. The van der Waals surface area contributed by atoms with Crippen LogP contribution in [0.4, 0.5) is 5.69 Å². The highest BCUT2D eigenvalue weighted by Gasteiger charge is 2.16. The molecule has 0 saturated carbocycles. The molecule has 0 saturated heterocycles. The van der Waals surface area contributed by atoms with Crippen LogP contribution < -0.4 is 16.0 Å². The second-order valence-corrected chi connectivity index (χ2v) is 14.9. The van der Waals surface area contributed by atoms with Gasteiger partial charge in [0.25, 0.3) is 0 Å². The smallest absolute Gasteiger partial charge is 0.306 e. The van der Waals surface area contributed by atoms with E-state index in [0.29, 0.717) is 31.5 Å². The number of fused-ring (bicyclic) bond motifs is 1. The third-order valence-electron chi connectivity index (χ3n) is 9.48. The SMILES string of the molecule is CC.CNc1cccc(-c2cccc(-c3ccn4c(-c5ccc(CNCCCCC(=O)OC(C)(C)C)cc5)nnc4c3)c2C)c1C.O=Cc1ccc(CNCCO)cn1. The number of esters is 1. The van der Waals surface area contributed by atoms with Crippen molar-refractivity contribution in [2.75, 3.05) is 32.1 Å². The van der Waals surface area contributed by atoms with Crippen LogP contribution in [0.5, 0.6) is 0 Å². The number of unbranched alkanes of at least 4 members (excludes halogenated alkanes) is 1. The minimum absolute atomic E-state index is 0.125. The number of nitrogens with one attached hydrogen (secondary N) is 3. The number of aldehydes is 1. The number of pyridine rings is 2. The Morgan fingerprint density at radius 1 is 0.797 bits per heavy atom. The van der Waals surface area contributed by atoms with E-state index in [2.05, 4.69) is 124 Å². The summed E-state index contributed by atoms with van der Waals surface area (Å²) in [6.07, 6.45) is 6.62. The van der Waals surface area contributed by atoms with Gasteiger partial charge in [-0.3, -0.25) is 19.0 Å². The molecular formula is C48H61N7O4. The first kappa shape index (κ1) is 45.9. The van der Waals surface area contributed by atoms with Crippen LogP contribution in [0.2, 0.25) is 0 Å². The number of carbonyl (C=O) groups is 2. The summed E-state index contributed by atoms with van der Waals surface area (Å²) in [6, 6.07) is 29.1. The first-order chi connectivity index (χ1) is 28.5. The summed E-state index contributed by atoms with van der Waals surface area (Å²) < 4.78 is 7.41. The van der Waals surface area contributed by atoms with Gasteiger partial charge in [0.05, 0.1) is 6.61 Å². The number of aliphatic hydroxyl groups is 1. The summed E-state index contributed by atoms with van der Waals surface area (Å²) in [7, 11) is 1.96. The van der Waals surface area contributed by atoms with Crippen LogP contribution >= 0.6 is 0 Å². The molecule has 3 aromatic carbocycles. The number of nitrogens with zero attached hydrogens (tertiary/aromatic N) is 4. The fraction of sp³-hybridized carbons (Fsp3) is 0.354. The van der Waals surface area contributed by atoms with Crippen molar-refractivity contribution in [2.24, 2.45) is 0 Å². The Kier molecular flexibility index (Phi) is 17.9. The van der Waals surface area contributed by atoms with E-state index in [-0.39, 0.29) is 12.6 Å². The third kappa shape index (κ3) is 13.4. The number of ether oxygens (including phenoxy) is 1. The molecule has 0 aliphatic rings. The highest BCUT2D eigenvalue weighted by Crippen LogP contribution is 2.36. The maximum atomic E-state index is 11.9. The van der Waals surface area contributed by atoms with Gasteiger partial charge >= 0.3 is 5.97 Å². The number of hydrogen-bond donors (Lipinski definition) is 4. The Hall–Kier alpha value is -5.75. The summed E-state index contributed by atoms with van der Waals surface area (Å²) in [5, 5.41) is 27.3. The number of benzene rings is 3. The van der Waals surface area contributed by atoms with E-state index in [9.17, 15) is 9.59 Å². The number of hydrogen-bond acceptors (Lipinski definition) is 10. The normalized spacial score (nSPS) is 10.9. The number of rotatable bonds is 16. The van der Waals surface area contributed by atoms with Crippen molar-refractivity contribution >= 4 is 23.6 Å². The average Bonchev–Trinajstić information content (AvgIpc) is 3.67. The standard InChI is InChI=1S/C37H43N5O2.C9H12N2O2.C2H6/c1-25-30(11-9-12-31(25)32-13-10-14-33(38-6)26(32)2)29-20-22-42-34(23-29)40-41-36(42)28-18-16-27(17-19-28)24-39-21-8-7-15-35(43)44-37(3,4)5;12-4-3-10-5-8-1-2-9(7-13)11-6-8;1-2/h9-14,16-20,22-23,38-39H,7-8,15,21,24H2,1-6H3;1-2,6-7,10,12H,3-5H2;1-2H3. The topological polar surface area (TPSA) is 143 Å². The first-order valence-electron chi connectivity index (χ1n) is 20.5. The van der Waals surface area contributed by atoms with E-state index < -0.39 is 5.60 Å². The summed E-state index contributed by atoms with van der Waals surface area (Å²) in [5.41, 5.74) is 12.4. The minimum atomic E-state index is -0.422. The summed E-state index contributed by atoms with van der Waals surface area (Å²) in [6.45, 7) is 17.0. The molecule has 312 valence electrons. The summed E-state index contributed by atoms with van der Waals surface area (Å²) in [4.78, 5) is 26.0. The van der Waals surface area contributed by atoms with Crippen molar-refractivity contribution in [1.82, 2.24) is 30.2 Å². The van der Waals surface area contributed by atoms with Gasteiger partial charge in [-0.2, -0.15) is 0 Å². The molecule has 0 amide bonds. The molecule has 0 fully saturated rings. The van der Waals surface area contributed by atoms with Crippen LogP contribution in [0.3, 0.4) is 0 Å². The van der Waals surface area contributed by atoms with Crippen molar-refractivity contribution in [3.63, 3.8) is 0 Å². The van der Waals surface area contributed by atoms with Gasteiger partial charge in [0.15, 0.2) is 17.8 Å². The molecule has 0 aliphatic carbocycles. The lowest BCUT2D eigenvalue weighted by atomic mass is 9.90. The van der Waals surface area contributed by atoms with E-state index in [1.165, 1.54) is 33.4 Å². The van der Waals surface area contributed by atoms with Crippen molar-refractivity contribution in [3.05, 3.63) is 125 Å². The highest BCUT2D eigenvalue weighted by molar-refractivity contribution is 5.83. The maximum absolute atomic E-state index is 11.9. The average molecular weight is 800 g/mol. The lowest BCUT2D eigenvalue weighted by Gasteiger charge is -2.19. The number of aromatic nitrogens is 4. The summed E-state index contributed by atoms with van der Waals surface area (Å²) >= 11 is 0. The second kappa shape index (κ2) is 23.0. The van der Waals surface area contributed by atoms with Crippen LogP contribution in [-0.2, 0) is 22.6 Å². The number of anilines is 1. The van der Waals surface area contributed by atoms with E-state index in [1.807, 2.05) is 52.1 Å². The van der Waals surface area contributed by atoms with E-state index in [1.54, 1.807) is 12.3 Å². The first-order valence-corrected chi connectivity index (χ1v) is 20.5. The molecule has 3 aromatic heterocycles. The molecule has 0 atom stereocenters. The second-order valence-electron chi connectivity index (χ2n) is 14.9.